The Labute approximate surface area is 117 Å². The molecule has 1 fully saturated rings. The molecule has 3 N–H and O–H groups in total. The van der Waals surface area contributed by atoms with Gasteiger partial charge < -0.3 is 15.5 Å². The summed E-state index contributed by atoms with van der Waals surface area (Å²) in [6, 6.07) is 7.21. The first kappa shape index (κ1) is 14.5. The van der Waals surface area contributed by atoms with E-state index in [1.54, 1.807) is 18.2 Å². The van der Waals surface area contributed by atoms with E-state index in [9.17, 15) is 14.7 Å². The summed E-state index contributed by atoms with van der Waals surface area (Å²) in [6.07, 6.45) is 1.30. The monoisotopic (exact) mass is 277 g/mol. The van der Waals surface area contributed by atoms with Crippen LogP contribution in [0.15, 0.2) is 24.3 Å². The fourth-order valence-corrected chi connectivity index (χ4v) is 2.77. The van der Waals surface area contributed by atoms with Crippen LogP contribution < -0.4 is 5.32 Å². The molecule has 0 radical (unpaired) electrons. The number of aliphatic carboxylic acids is 2. The van der Waals surface area contributed by atoms with Crippen molar-refractivity contribution in [1.29, 1.82) is 0 Å². The van der Waals surface area contributed by atoms with Crippen LogP contribution in [0, 0.1) is 11.8 Å². The molecule has 1 aromatic rings. The summed E-state index contributed by atoms with van der Waals surface area (Å²) in [5.74, 6) is -1.92. The van der Waals surface area contributed by atoms with Gasteiger partial charge in [0.15, 0.2) is 0 Å². The van der Waals surface area contributed by atoms with E-state index >= 15 is 0 Å². The third-order valence-electron chi connectivity index (χ3n) is 3.79. The van der Waals surface area contributed by atoms with Gasteiger partial charge in [-0.15, -0.1) is 0 Å². The van der Waals surface area contributed by atoms with Crippen molar-refractivity contribution in [2.45, 2.75) is 19.3 Å². The second kappa shape index (κ2) is 6.52. The topological polar surface area (TPSA) is 86.6 Å². The third-order valence-corrected chi connectivity index (χ3v) is 3.79. The van der Waals surface area contributed by atoms with Gasteiger partial charge in [-0.05, 0) is 43.0 Å². The number of rotatable bonds is 6. The number of nitrogens with one attached hydrogen (secondary N) is 1. The zero-order valence-electron chi connectivity index (χ0n) is 11.2. The molecule has 0 saturated carbocycles. The lowest BCUT2D eigenvalue weighted by atomic mass is 9.86. The Morgan fingerprint density at radius 3 is 2.65 bits per heavy atom. The van der Waals surface area contributed by atoms with Crippen LogP contribution in [-0.4, -0.2) is 35.2 Å². The molecule has 2 rings (SSSR count). The summed E-state index contributed by atoms with van der Waals surface area (Å²) in [5.41, 5.74) is 1.60. The number of hydrogen-bond acceptors (Lipinski definition) is 3. The molecule has 0 unspecified atom stereocenters. The van der Waals surface area contributed by atoms with Gasteiger partial charge in [-0.2, -0.15) is 0 Å². The van der Waals surface area contributed by atoms with E-state index in [-0.39, 0.29) is 12.3 Å². The van der Waals surface area contributed by atoms with E-state index in [4.69, 9.17) is 5.11 Å². The number of carboxylic acid groups (broad SMARTS) is 2. The standard InChI is InChI=1S/C15H19NO4/c17-14(18)8-11-3-1-2-10(6-11)7-13(15(19)20)12-4-5-16-9-12/h1-3,6,12-13,16H,4-5,7-9H2,(H,17,18)(H,19,20)/t12-,13-/m0/s1. The molecule has 1 aliphatic rings. The summed E-state index contributed by atoms with van der Waals surface area (Å²) < 4.78 is 0. The van der Waals surface area contributed by atoms with E-state index in [1.807, 2.05) is 6.07 Å². The van der Waals surface area contributed by atoms with Crippen LogP contribution >= 0.6 is 0 Å². The predicted octanol–water partition coefficient (Wildman–Crippen LogP) is 1.17. The average Bonchev–Trinajstić information content (AvgIpc) is 2.88. The molecule has 1 aliphatic heterocycles. The molecule has 1 saturated heterocycles. The maximum Gasteiger partial charge on any atom is 0.307 e. The molecule has 5 nitrogen and oxygen atoms in total. The zero-order chi connectivity index (χ0) is 14.5. The van der Waals surface area contributed by atoms with Gasteiger partial charge in [-0.1, -0.05) is 24.3 Å². The average molecular weight is 277 g/mol. The van der Waals surface area contributed by atoms with Crippen LogP contribution in [0.3, 0.4) is 0 Å². The Morgan fingerprint density at radius 1 is 1.30 bits per heavy atom. The number of hydrogen-bond donors (Lipinski definition) is 3. The van der Waals surface area contributed by atoms with Crippen molar-refractivity contribution in [2.75, 3.05) is 13.1 Å². The molecule has 0 aliphatic carbocycles. The fraction of sp³-hybridized carbons (Fsp3) is 0.467. The summed E-state index contributed by atoms with van der Waals surface area (Å²) in [7, 11) is 0. The van der Waals surface area contributed by atoms with Crippen LogP contribution in [0.4, 0.5) is 0 Å². The highest BCUT2D eigenvalue weighted by molar-refractivity contribution is 5.71. The van der Waals surface area contributed by atoms with Crippen molar-refractivity contribution >= 4 is 11.9 Å². The van der Waals surface area contributed by atoms with Crippen molar-refractivity contribution in [1.82, 2.24) is 5.32 Å². The van der Waals surface area contributed by atoms with Crippen LogP contribution in [-0.2, 0) is 22.4 Å². The third kappa shape index (κ3) is 3.81. The van der Waals surface area contributed by atoms with E-state index in [0.29, 0.717) is 12.0 Å². The molecule has 1 aromatic carbocycles. The van der Waals surface area contributed by atoms with Gasteiger partial charge >= 0.3 is 11.9 Å². The molecule has 0 bridgehead atoms. The van der Waals surface area contributed by atoms with Crippen molar-refractivity contribution < 1.29 is 19.8 Å². The maximum absolute atomic E-state index is 11.4. The van der Waals surface area contributed by atoms with Crippen molar-refractivity contribution in [3.8, 4) is 0 Å². The van der Waals surface area contributed by atoms with E-state index in [0.717, 1.165) is 25.1 Å². The molecule has 2 atom stereocenters. The molecular weight excluding hydrogens is 258 g/mol. The van der Waals surface area contributed by atoms with E-state index < -0.39 is 17.9 Å². The molecule has 0 spiro atoms. The van der Waals surface area contributed by atoms with Crippen molar-refractivity contribution in [3.63, 3.8) is 0 Å². The quantitative estimate of drug-likeness (QED) is 0.726. The minimum atomic E-state index is -0.878. The Bertz CT molecular complexity index is 494. The minimum Gasteiger partial charge on any atom is -0.481 e. The largest absolute Gasteiger partial charge is 0.481 e. The van der Waals surface area contributed by atoms with Crippen LogP contribution in [0.2, 0.25) is 0 Å². The maximum atomic E-state index is 11.4. The van der Waals surface area contributed by atoms with E-state index in [1.165, 1.54) is 0 Å². The Balaban J connectivity index is 2.09. The first-order chi connectivity index (χ1) is 9.56. The highest BCUT2D eigenvalue weighted by Gasteiger charge is 2.30. The lowest BCUT2D eigenvalue weighted by Gasteiger charge is -2.18. The number of carboxylic acids is 2. The molecule has 1 heterocycles. The predicted molar refractivity (Wildman–Crippen MR) is 73.6 cm³/mol. The van der Waals surface area contributed by atoms with E-state index in [2.05, 4.69) is 5.32 Å². The Hall–Kier alpha value is -1.88. The van der Waals surface area contributed by atoms with Gasteiger partial charge in [0, 0.05) is 0 Å². The van der Waals surface area contributed by atoms with Gasteiger partial charge in [-0.3, -0.25) is 9.59 Å². The first-order valence-electron chi connectivity index (χ1n) is 6.79. The normalized spacial score (nSPS) is 19.7. The highest BCUT2D eigenvalue weighted by atomic mass is 16.4. The summed E-state index contributed by atoms with van der Waals surface area (Å²) in [4.78, 5) is 22.1. The second-order valence-electron chi connectivity index (χ2n) is 5.29. The highest BCUT2D eigenvalue weighted by Crippen LogP contribution is 2.24. The second-order valence-corrected chi connectivity index (χ2v) is 5.29. The van der Waals surface area contributed by atoms with Crippen LogP contribution in [0.25, 0.3) is 0 Å². The first-order valence-corrected chi connectivity index (χ1v) is 6.79. The molecular formula is C15H19NO4. The zero-order valence-corrected chi connectivity index (χ0v) is 11.2. The number of carbonyl (C=O) groups is 2. The van der Waals surface area contributed by atoms with Gasteiger partial charge in [0.25, 0.3) is 0 Å². The molecule has 108 valence electrons. The fourth-order valence-electron chi connectivity index (χ4n) is 2.77. The van der Waals surface area contributed by atoms with Crippen molar-refractivity contribution in [3.05, 3.63) is 35.4 Å². The van der Waals surface area contributed by atoms with Gasteiger partial charge in [0.1, 0.15) is 0 Å². The Morgan fingerprint density at radius 2 is 2.05 bits per heavy atom. The summed E-state index contributed by atoms with van der Waals surface area (Å²) in [5, 5.41) is 21.4. The lowest BCUT2D eigenvalue weighted by molar-refractivity contribution is -0.143. The molecule has 5 heteroatoms. The summed E-state index contributed by atoms with van der Waals surface area (Å²) >= 11 is 0. The van der Waals surface area contributed by atoms with Gasteiger partial charge in [0.05, 0.1) is 12.3 Å². The lowest BCUT2D eigenvalue weighted by Crippen LogP contribution is -2.27. The smallest absolute Gasteiger partial charge is 0.307 e. The van der Waals surface area contributed by atoms with Crippen molar-refractivity contribution in [2.24, 2.45) is 11.8 Å². The molecule has 0 aromatic heterocycles. The molecule has 20 heavy (non-hydrogen) atoms. The SMILES string of the molecule is O=C(O)Cc1cccc(C[C@H](C(=O)O)[C@H]2CCNC2)c1. The number of benzene rings is 1. The minimum absolute atomic E-state index is 0.0312. The van der Waals surface area contributed by atoms with Crippen LogP contribution in [0.1, 0.15) is 17.5 Å². The van der Waals surface area contributed by atoms with Gasteiger partial charge in [-0.25, -0.2) is 0 Å². The molecule has 0 amide bonds. The van der Waals surface area contributed by atoms with Crippen LogP contribution in [0.5, 0.6) is 0 Å². The Kier molecular flexibility index (Phi) is 4.74. The van der Waals surface area contributed by atoms with Gasteiger partial charge in [0.2, 0.25) is 0 Å². The summed E-state index contributed by atoms with van der Waals surface area (Å²) in [6.45, 7) is 1.61.